The zero-order valence-electron chi connectivity index (χ0n) is 8.24. The number of hydrogen-bond acceptors (Lipinski definition) is 4. The third-order valence-corrected chi connectivity index (χ3v) is 2.06. The van der Waals surface area contributed by atoms with Gasteiger partial charge < -0.3 is 14.5 Å². The van der Waals surface area contributed by atoms with Crippen molar-refractivity contribution in [3.8, 4) is 0 Å². The number of amides is 1. The van der Waals surface area contributed by atoms with Crippen molar-refractivity contribution in [1.29, 1.82) is 0 Å². The largest absolute Gasteiger partial charge is 0.467 e. The maximum atomic E-state index is 11.5. The number of furan rings is 1. The van der Waals surface area contributed by atoms with Crippen LogP contribution in [0.1, 0.15) is 17.3 Å². The fraction of sp³-hybridized carbons (Fsp3) is 0.333. The van der Waals surface area contributed by atoms with Crippen molar-refractivity contribution < 1.29 is 18.7 Å². The number of methoxy groups -OCH3 is 1. The molecule has 1 rings (SSSR count). The van der Waals surface area contributed by atoms with Crippen LogP contribution in [0.25, 0.3) is 0 Å². The van der Waals surface area contributed by atoms with Gasteiger partial charge in [-0.1, -0.05) is 0 Å². The summed E-state index contributed by atoms with van der Waals surface area (Å²) < 4.78 is 9.19. The van der Waals surface area contributed by atoms with Crippen molar-refractivity contribution in [2.24, 2.45) is 0 Å². The first-order chi connectivity index (χ1) is 7.06. The monoisotopic (exact) mass is 231 g/mol. The maximum Gasteiger partial charge on any atom is 0.328 e. The van der Waals surface area contributed by atoms with Crippen LogP contribution in [0, 0.1) is 0 Å². The molecule has 0 fully saturated rings. The van der Waals surface area contributed by atoms with Gasteiger partial charge in [0.15, 0.2) is 0 Å². The second-order valence-electron chi connectivity index (χ2n) is 2.83. The Morgan fingerprint density at radius 2 is 2.27 bits per heavy atom. The SMILES string of the molecule is COC(=O)[C@H](C)NC(=O)c1ccoc1Cl. The quantitative estimate of drug-likeness (QED) is 0.795. The molecule has 0 spiro atoms. The van der Waals surface area contributed by atoms with E-state index in [0.29, 0.717) is 0 Å². The molecule has 1 N–H and O–H groups in total. The van der Waals surface area contributed by atoms with Gasteiger partial charge in [-0.05, 0) is 24.6 Å². The molecule has 1 heterocycles. The van der Waals surface area contributed by atoms with Crippen LogP contribution < -0.4 is 5.32 Å². The minimum absolute atomic E-state index is 0.00966. The van der Waals surface area contributed by atoms with E-state index in [1.54, 1.807) is 0 Å². The van der Waals surface area contributed by atoms with Gasteiger partial charge in [0, 0.05) is 0 Å². The van der Waals surface area contributed by atoms with Crippen LogP contribution in [0.3, 0.4) is 0 Å². The lowest BCUT2D eigenvalue weighted by atomic mass is 10.3. The summed E-state index contributed by atoms with van der Waals surface area (Å²) >= 11 is 5.59. The van der Waals surface area contributed by atoms with E-state index in [2.05, 4.69) is 10.1 Å². The van der Waals surface area contributed by atoms with Crippen LogP contribution in [0.15, 0.2) is 16.7 Å². The van der Waals surface area contributed by atoms with Gasteiger partial charge in [-0.25, -0.2) is 4.79 Å². The number of esters is 1. The fourth-order valence-electron chi connectivity index (χ4n) is 0.966. The highest BCUT2D eigenvalue weighted by Crippen LogP contribution is 2.16. The Hall–Kier alpha value is -1.49. The number of hydrogen-bond donors (Lipinski definition) is 1. The molecule has 0 aliphatic carbocycles. The fourth-order valence-corrected chi connectivity index (χ4v) is 1.17. The molecule has 1 amide bonds. The maximum absolute atomic E-state index is 11.5. The van der Waals surface area contributed by atoms with Crippen LogP contribution in [0.5, 0.6) is 0 Å². The van der Waals surface area contributed by atoms with Gasteiger partial charge in [-0.3, -0.25) is 4.79 Å². The Bertz CT molecular complexity index is 374. The average molecular weight is 232 g/mol. The number of ether oxygens (including phenoxy) is 1. The van der Waals surface area contributed by atoms with Gasteiger partial charge in [-0.15, -0.1) is 0 Å². The van der Waals surface area contributed by atoms with Crippen molar-refractivity contribution in [3.05, 3.63) is 23.1 Å². The molecule has 0 aromatic carbocycles. The van der Waals surface area contributed by atoms with Crippen molar-refractivity contribution >= 4 is 23.5 Å². The Labute approximate surface area is 91.3 Å². The van der Waals surface area contributed by atoms with Gasteiger partial charge in [0.2, 0.25) is 5.22 Å². The van der Waals surface area contributed by atoms with Crippen molar-refractivity contribution in [1.82, 2.24) is 5.32 Å². The number of halogens is 1. The smallest absolute Gasteiger partial charge is 0.328 e. The highest BCUT2D eigenvalue weighted by Gasteiger charge is 2.19. The summed E-state index contributed by atoms with van der Waals surface area (Å²) in [7, 11) is 1.25. The van der Waals surface area contributed by atoms with Gasteiger partial charge >= 0.3 is 5.97 Å². The van der Waals surface area contributed by atoms with E-state index in [0.717, 1.165) is 0 Å². The number of nitrogens with one attached hydrogen (secondary N) is 1. The molecule has 1 atom stereocenters. The Morgan fingerprint density at radius 3 is 2.73 bits per heavy atom. The Kier molecular flexibility index (Phi) is 3.74. The second kappa shape index (κ2) is 4.84. The van der Waals surface area contributed by atoms with E-state index in [4.69, 9.17) is 16.0 Å². The summed E-state index contributed by atoms with van der Waals surface area (Å²) in [5.41, 5.74) is 0.187. The van der Waals surface area contributed by atoms with Crippen LogP contribution in [0.4, 0.5) is 0 Å². The van der Waals surface area contributed by atoms with E-state index in [9.17, 15) is 9.59 Å². The lowest BCUT2D eigenvalue weighted by Crippen LogP contribution is -2.39. The van der Waals surface area contributed by atoms with Gasteiger partial charge in [0.05, 0.1) is 18.9 Å². The highest BCUT2D eigenvalue weighted by molar-refractivity contribution is 6.32. The molecule has 0 unspecified atom stereocenters. The summed E-state index contributed by atoms with van der Waals surface area (Å²) in [6.45, 7) is 1.51. The van der Waals surface area contributed by atoms with Crippen molar-refractivity contribution in [2.75, 3.05) is 7.11 Å². The van der Waals surface area contributed by atoms with Crippen molar-refractivity contribution in [3.63, 3.8) is 0 Å². The molecule has 1 aromatic heterocycles. The molecule has 15 heavy (non-hydrogen) atoms. The predicted molar refractivity (Wildman–Crippen MR) is 52.7 cm³/mol. The van der Waals surface area contributed by atoms with E-state index < -0.39 is 17.9 Å². The number of carbonyl (C=O) groups excluding carboxylic acids is 2. The Morgan fingerprint density at radius 1 is 1.60 bits per heavy atom. The third-order valence-electron chi connectivity index (χ3n) is 1.76. The average Bonchev–Trinajstić information content (AvgIpc) is 2.63. The minimum Gasteiger partial charge on any atom is -0.467 e. The topological polar surface area (TPSA) is 68.5 Å². The van der Waals surface area contributed by atoms with Crippen LogP contribution in [-0.2, 0) is 9.53 Å². The third kappa shape index (κ3) is 2.73. The molecular weight excluding hydrogens is 222 g/mol. The normalized spacial score (nSPS) is 11.9. The zero-order chi connectivity index (χ0) is 11.4. The lowest BCUT2D eigenvalue weighted by Gasteiger charge is -2.10. The number of carbonyl (C=O) groups is 2. The molecule has 1 aromatic rings. The second-order valence-corrected chi connectivity index (χ2v) is 3.17. The predicted octanol–water partition coefficient (Wildman–Crippen LogP) is 1.22. The van der Waals surface area contributed by atoms with Crippen molar-refractivity contribution in [2.45, 2.75) is 13.0 Å². The number of rotatable bonds is 3. The van der Waals surface area contributed by atoms with E-state index in [1.165, 1.54) is 26.4 Å². The molecule has 0 bridgehead atoms. The molecule has 6 heteroatoms. The first-order valence-electron chi connectivity index (χ1n) is 4.18. The first-order valence-corrected chi connectivity index (χ1v) is 4.55. The standard InChI is InChI=1S/C9H10ClNO4/c1-5(9(13)14-2)11-8(12)6-3-4-15-7(6)10/h3-5H,1-2H3,(H,11,12)/t5-/m0/s1. The lowest BCUT2D eigenvalue weighted by molar-refractivity contribution is -0.142. The van der Waals surface area contributed by atoms with Gasteiger partial charge in [0.25, 0.3) is 5.91 Å². The highest BCUT2D eigenvalue weighted by atomic mass is 35.5. The summed E-state index contributed by atoms with van der Waals surface area (Å²) in [5.74, 6) is -1.00. The first kappa shape index (κ1) is 11.6. The molecule has 0 radical (unpaired) electrons. The van der Waals surface area contributed by atoms with Gasteiger partial charge in [0.1, 0.15) is 6.04 Å². The molecule has 0 aliphatic heterocycles. The summed E-state index contributed by atoms with van der Waals surface area (Å²) in [5, 5.41) is 2.41. The molecular formula is C9H10ClNO4. The summed E-state index contributed by atoms with van der Waals surface area (Å²) in [6, 6.07) is 0.690. The summed E-state index contributed by atoms with van der Waals surface area (Å²) in [6.07, 6.45) is 1.29. The zero-order valence-corrected chi connectivity index (χ0v) is 9.00. The van der Waals surface area contributed by atoms with Crippen LogP contribution in [-0.4, -0.2) is 25.0 Å². The molecule has 0 aliphatic rings. The minimum atomic E-state index is -0.728. The van der Waals surface area contributed by atoms with Gasteiger partial charge in [-0.2, -0.15) is 0 Å². The van der Waals surface area contributed by atoms with E-state index >= 15 is 0 Å². The Balaban J connectivity index is 2.64. The molecule has 0 saturated carbocycles. The van der Waals surface area contributed by atoms with E-state index in [1.807, 2.05) is 0 Å². The van der Waals surface area contributed by atoms with Crippen LogP contribution >= 0.6 is 11.6 Å². The molecule has 5 nitrogen and oxygen atoms in total. The van der Waals surface area contributed by atoms with E-state index in [-0.39, 0.29) is 10.8 Å². The summed E-state index contributed by atoms with van der Waals surface area (Å²) in [4.78, 5) is 22.5. The molecule has 0 saturated heterocycles. The van der Waals surface area contributed by atoms with Crippen LogP contribution in [0.2, 0.25) is 5.22 Å². The molecule has 82 valence electrons.